The highest BCUT2D eigenvalue weighted by atomic mass is 35.5. The number of amides is 1. The van der Waals surface area contributed by atoms with E-state index in [1.807, 2.05) is 12.1 Å². The SMILES string of the molecule is CC(C)(C)c1ccc(C(=O)Nc2cccc(C(=O)OCC(=O)c3ccc(Cl)cc3)c2)cc1. The van der Waals surface area contributed by atoms with Crippen molar-refractivity contribution >= 4 is 34.9 Å². The molecular weight excluding hydrogens is 426 g/mol. The standard InChI is InChI=1S/C26H24ClNO4/c1-26(2,3)20-11-7-18(8-12-20)24(30)28-22-6-4-5-19(15-22)25(31)32-16-23(29)17-9-13-21(27)14-10-17/h4-15H,16H2,1-3H3,(H,28,30). The van der Waals surface area contributed by atoms with Gasteiger partial charge in [0.1, 0.15) is 0 Å². The number of carbonyl (C=O) groups excluding carboxylic acids is 3. The highest BCUT2D eigenvalue weighted by Gasteiger charge is 2.16. The van der Waals surface area contributed by atoms with Gasteiger partial charge in [-0.25, -0.2) is 4.79 Å². The monoisotopic (exact) mass is 449 g/mol. The van der Waals surface area contributed by atoms with E-state index in [1.54, 1.807) is 54.6 Å². The molecule has 0 unspecified atom stereocenters. The topological polar surface area (TPSA) is 72.5 Å². The Bertz CT molecular complexity index is 1130. The second-order valence-corrected chi connectivity index (χ2v) is 8.80. The van der Waals surface area contributed by atoms with E-state index < -0.39 is 12.6 Å². The molecule has 0 aromatic heterocycles. The number of anilines is 1. The molecule has 0 saturated heterocycles. The maximum Gasteiger partial charge on any atom is 0.338 e. The van der Waals surface area contributed by atoms with E-state index in [2.05, 4.69) is 26.1 Å². The first-order chi connectivity index (χ1) is 15.1. The lowest BCUT2D eigenvalue weighted by molar-refractivity contribution is 0.0474. The Hall–Kier alpha value is -3.44. The lowest BCUT2D eigenvalue weighted by atomic mass is 9.87. The van der Waals surface area contributed by atoms with Crippen LogP contribution in [0.5, 0.6) is 0 Å². The van der Waals surface area contributed by atoms with Crippen LogP contribution in [0.25, 0.3) is 0 Å². The molecule has 0 heterocycles. The lowest BCUT2D eigenvalue weighted by Gasteiger charge is -2.19. The van der Waals surface area contributed by atoms with Gasteiger partial charge < -0.3 is 10.1 Å². The fourth-order valence-corrected chi connectivity index (χ4v) is 3.11. The number of nitrogens with one attached hydrogen (secondary N) is 1. The van der Waals surface area contributed by atoms with E-state index in [1.165, 1.54) is 6.07 Å². The summed E-state index contributed by atoms with van der Waals surface area (Å²) in [6, 6.07) is 20.1. The molecule has 3 aromatic carbocycles. The summed E-state index contributed by atoms with van der Waals surface area (Å²) in [4.78, 5) is 37.1. The third-order valence-corrected chi connectivity index (χ3v) is 5.12. The van der Waals surface area contributed by atoms with Crippen molar-refractivity contribution in [3.05, 3.63) is 100 Å². The van der Waals surface area contributed by atoms with Crippen molar-refractivity contribution in [3.8, 4) is 0 Å². The second kappa shape index (κ2) is 9.79. The van der Waals surface area contributed by atoms with Crippen LogP contribution in [0.3, 0.4) is 0 Å². The van der Waals surface area contributed by atoms with Crippen LogP contribution in [0.4, 0.5) is 5.69 Å². The van der Waals surface area contributed by atoms with Gasteiger partial charge in [-0.15, -0.1) is 0 Å². The number of hydrogen-bond donors (Lipinski definition) is 1. The first kappa shape index (κ1) is 23.2. The highest BCUT2D eigenvalue weighted by Crippen LogP contribution is 2.22. The van der Waals surface area contributed by atoms with Gasteiger partial charge in [-0.1, -0.05) is 50.6 Å². The summed E-state index contributed by atoms with van der Waals surface area (Å²) in [6.45, 7) is 5.93. The first-order valence-corrected chi connectivity index (χ1v) is 10.5. The van der Waals surface area contributed by atoms with E-state index in [0.717, 1.165) is 5.56 Å². The van der Waals surface area contributed by atoms with Gasteiger partial charge in [-0.2, -0.15) is 0 Å². The summed E-state index contributed by atoms with van der Waals surface area (Å²) in [7, 11) is 0. The minimum absolute atomic E-state index is 0.00135. The molecule has 0 fully saturated rings. The van der Waals surface area contributed by atoms with Gasteiger partial charge in [0.2, 0.25) is 0 Å². The van der Waals surface area contributed by atoms with Crippen LogP contribution >= 0.6 is 11.6 Å². The summed E-state index contributed by atoms with van der Waals surface area (Å²) >= 11 is 5.81. The molecule has 3 rings (SSSR count). The van der Waals surface area contributed by atoms with Crippen molar-refractivity contribution in [1.29, 1.82) is 0 Å². The van der Waals surface area contributed by atoms with Gasteiger partial charge >= 0.3 is 5.97 Å². The van der Waals surface area contributed by atoms with Crippen LogP contribution in [0, 0.1) is 0 Å². The molecule has 1 amide bonds. The second-order valence-electron chi connectivity index (χ2n) is 8.37. The van der Waals surface area contributed by atoms with E-state index in [0.29, 0.717) is 21.8 Å². The molecule has 164 valence electrons. The highest BCUT2D eigenvalue weighted by molar-refractivity contribution is 6.30. The number of ether oxygens (including phenoxy) is 1. The van der Waals surface area contributed by atoms with Gasteiger partial charge in [0, 0.05) is 21.8 Å². The third kappa shape index (κ3) is 6.05. The predicted molar refractivity (Wildman–Crippen MR) is 126 cm³/mol. The molecule has 0 atom stereocenters. The molecule has 1 N–H and O–H groups in total. The molecule has 5 nitrogen and oxygen atoms in total. The molecule has 0 radical (unpaired) electrons. The number of carbonyl (C=O) groups is 3. The first-order valence-electron chi connectivity index (χ1n) is 10.1. The average molecular weight is 450 g/mol. The van der Waals surface area contributed by atoms with E-state index in [9.17, 15) is 14.4 Å². The molecule has 0 saturated carbocycles. The molecule has 0 aliphatic heterocycles. The van der Waals surface area contributed by atoms with Crippen molar-refractivity contribution in [1.82, 2.24) is 0 Å². The minimum atomic E-state index is -0.655. The van der Waals surface area contributed by atoms with Crippen molar-refractivity contribution in [2.24, 2.45) is 0 Å². The van der Waals surface area contributed by atoms with E-state index in [4.69, 9.17) is 16.3 Å². The van der Waals surface area contributed by atoms with Crippen LogP contribution in [-0.2, 0) is 10.2 Å². The lowest BCUT2D eigenvalue weighted by Crippen LogP contribution is -2.16. The summed E-state index contributed by atoms with van der Waals surface area (Å²) in [6.07, 6.45) is 0. The summed E-state index contributed by atoms with van der Waals surface area (Å²) in [5, 5.41) is 3.30. The predicted octanol–water partition coefficient (Wildman–Crippen LogP) is 5.93. The van der Waals surface area contributed by atoms with Crippen LogP contribution in [0.1, 0.15) is 57.4 Å². The maximum absolute atomic E-state index is 12.6. The average Bonchev–Trinajstić information content (AvgIpc) is 2.77. The fraction of sp³-hybridized carbons (Fsp3) is 0.192. The quantitative estimate of drug-likeness (QED) is 0.374. The van der Waals surface area contributed by atoms with E-state index >= 15 is 0 Å². The maximum atomic E-state index is 12.6. The molecule has 32 heavy (non-hydrogen) atoms. The number of halogens is 1. The third-order valence-electron chi connectivity index (χ3n) is 4.87. The summed E-state index contributed by atoms with van der Waals surface area (Å²) < 4.78 is 5.13. The zero-order valence-electron chi connectivity index (χ0n) is 18.1. The molecule has 3 aromatic rings. The van der Waals surface area contributed by atoms with E-state index in [-0.39, 0.29) is 22.7 Å². The van der Waals surface area contributed by atoms with Gasteiger partial charge in [0.25, 0.3) is 5.91 Å². The Morgan fingerprint density at radius 3 is 2.09 bits per heavy atom. The van der Waals surface area contributed by atoms with Crippen LogP contribution < -0.4 is 5.32 Å². The Balaban J connectivity index is 1.61. The van der Waals surface area contributed by atoms with Gasteiger partial charge in [-0.05, 0) is 65.6 Å². The number of benzene rings is 3. The Morgan fingerprint density at radius 2 is 1.47 bits per heavy atom. The smallest absolute Gasteiger partial charge is 0.338 e. The summed E-state index contributed by atoms with van der Waals surface area (Å²) in [5.41, 5.74) is 2.73. The van der Waals surface area contributed by atoms with Crippen molar-refractivity contribution in [2.45, 2.75) is 26.2 Å². The Labute approximate surface area is 192 Å². The van der Waals surface area contributed by atoms with Crippen molar-refractivity contribution < 1.29 is 19.1 Å². The molecule has 6 heteroatoms. The number of Topliss-reactive ketones (excluding diaryl/α,β-unsaturated/α-hetero) is 1. The van der Waals surface area contributed by atoms with Crippen LogP contribution in [0.2, 0.25) is 5.02 Å². The number of esters is 1. The largest absolute Gasteiger partial charge is 0.454 e. The minimum Gasteiger partial charge on any atom is -0.454 e. The zero-order valence-corrected chi connectivity index (χ0v) is 18.9. The van der Waals surface area contributed by atoms with Crippen LogP contribution in [-0.4, -0.2) is 24.3 Å². The Kier molecular flexibility index (Phi) is 7.11. The van der Waals surface area contributed by atoms with Gasteiger partial charge in [-0.3, -0.25) is 9.59 Å². The molecule has 0 bridgehead atoms. The molecule has 0 aliphatic carbocycles. The van der Waals surface area contributed by atoms with Gasteiger partial charge in [0.15, 0.2) is 12.4 Å². The number of ketones is 1. The van der Waals surface area contributed by atoms with Crippen molar-refractivity contribution in [2.75, 3.05) is 11.9 Å². The van der Waals surface area contributed by atoms with Gasteiger partial charge in [0.05, 0.1) is 5.56 Å². The zero-order chi connectivity index (χ0) is 23.3. The van der Waals surface area contributed by atoms with Crippen LogP contribution in [0.15, 0.2) is 72.8 Å². The van der Waals surface area contributed by atoms with Crippen molar-refractivity contribution in [3.63, 3.8) is 0 Å². The molecule has 0 aliphatic rings. The number of rotatable bonds is 6. The molecular formula is C26H24ClNO4. The normalized spacial score (nSPS) is 11.0. The molecule has 0 spiro atoms. The number of hydrogen-bond acceptors (Lipinski definition) is 4. The summed E-state index contributed by atoms with van der Waals surface area (Å²) in [5.74, 6) is -1.27. The Morgan fingerprint density at radius 1 is 0.844 bits per heavy atom. The fourth-order valence-electron chi connectivity index (χ4n) is 2.98.